The van der Waals surface area contributed by atoms with Crippen LogP contribution in [0, 0.1) is 11.3 Å². The molecule has 7 nitrogen and oxygen atoms in total. The molecule has 0 N–H and O–H groups in total. The monoisotopic (exact) mass is 288 g/mol. The fourth-order valence-corrected chi connectivity index (χ4v) is 1.89. The number of hydrogen-bond donors (Lipinski definition) is 0. The average molecular weight is 288 g/mol. The van der Waals surface area contributed by atoms with Crippen molar-refractivity contribution < 1.29 is 23.5 Å². The summed E-state index contributed by atoms with van der Waals surface area (Å²) in [6, 6.07) is 4.95. The van der Waals surface area contributed by atoms with Crippen molar-refractivity contribution in [3.8, 4) is 6.07 Å². The molecule has 0 unspecified atom stereocenters. The van der Waals surface area contributed by atoms with Crippen LogP contribution in [0.4, 0.5) is 0 Å². The second-order valence-electron chi connectivity index (χ2n) is 4.15. The third kappa shape index (κ3) is 2.51. The number of nitrogens with zero attached hydrogens (tertiary/aromatic N) is 2. The van der Waals surface area contributed by atoms with E-state index in [4.69, 9.17) is 9.68 Å². The van der Waals surface area contributed by atoms with Crippen LogP contribution in [0.15, 0.2) is 22.1 Å². The molecule has 0 radical (unpaired) electrons. The van der Waals surface area contributed by atoms with Crippen LogP contribution < -0.4 is 0 Å². The number of aryl methyl sites for hydroxylation is 1. The molecule has 0 saturated carbocycles. The molecule has 2 aromatic heterocycles. The lowest BCUT2D eigenvalue weighted by Gasteiger charge is -2.00. The van der Waals surface area contributed by atoms with Gasteiger partial charge in [-0.3, -0.25) is 0 Å². The molecule has 2 heterocycles. The summed E-state index contributed by atoms with van der Waals surface area (Å²) in [5.41, 5.74) is 0.601. The lowest BCUT2D eigenvalue weighted by Crippen LogP contribution is -2.06. The third-order valence-corrected chi connectivity index (χ3v) is 2.92. The van der Waals surface area contributed by atoms with Gasteiger partial charge in [-0.15, -0.1) is 0 Å². The number of nitriles is 1. The lowest BCUT2D eigenvalue weighted by molar-refractivity contribution is -0.135. The molecule has 21 heavy (non-hydrogen) atoms. The van der Waals surface area contributed by atoms with Crippen molar-refractivity contribution in [3.05, 3.63) is 29.2 Å². The first-order chi connectivity index (χ1) is 10.0. The summed E-state index contributed by atoms with van der Waals surface area (Å²) in [7, 11) is 4.13. The quantitative estimate of drug-likeness (QED) is 0.484. The van der Waals surface area contributed by atoms with Gasteiger partial charge in [0.1, 0.15) is 23.1 Å². The number of carbonyl (C=O) groups excluding carboxylic acids is 2. The second kappa shape index (κ2) is 5.54. The molecule has 0 atom stereocenters. The highest BCUT2D eigenvalue weighted by molar-refractivity contribution is 5.98. The van der Waals surface area contributed by atoms with Crippen LogP contribution in [-0.2, 0) is 21.3 Å². The van der Waals surface area contributed by atoms with Gasteiger partial charge in [-0.1, -0.05) is 0 Å². The summed E-state index contributed by atoms with van der Waals surface area (Å²) in [5, 5.41) is 9.55. The fourth-order valence-electron chi connectivity index (χ4n) is 1.89. The van der Waals surface area contributed by atoms with Gasteiger partial charge in [-0.2, -0.15) is 5.26 Å². The Hall–Kier alpha value is -3.01. The van der Waals surface area contributed by atoms with Gasteiger partial charge in [0.05, 0.1) is 14.2 Å². The number of esters is 2. The zero-order valence-corrected chi connectivity index (χ0v) is 11.7. The molecule has 108 valence electrons. The van der Waals surface area contributed by atoms with E-state index in [1.54, 1.807) is 25.2 Å². The molecule has 0 aliphatic rings. The number of methoxy groups -OCH3 is 2. The molecule has 0 fully saturated rings. The smallest absolute Gasteiger partial charge is 0.354 e. The summed E-state index contributed by atoms with van der Waals surface area (Å²) in [4.78, 5) is 22.9. The third-order valence-electron chi connectivity index (χ3n) is 2.92. The Balaban J connectivity index is 2.46. The minimum absolute atomic E-state index is 0.176. The van der Waals surface area contributed by atoms with Crippen LogP contribution >= 0.6 is 0 Å². The van der Waals surface area contributed by atoms with Crippen molar-refractivity contribution in [1.82, 2.24) is 4.57 Å². The van der Waals surface area contributed by atoms with E-state index in [2.05, 4.69) is 9.47 Å². The SMILES string of the molecule is COC(=O)/C(C#N)=C/c1cc2cc(C(=O)OC)n(C)c2o1. The molecule has 0 saturated heterocycles. The van der Waals surface area contributed by atoms with Gasteiger partial charge in [-0.05, 0) is 12.1 Å². The van der Waals surface area contributed by atoms with E-state index in [0.717, 1.165) is 0 Å². The largest absolute Gasteiger partial charge is 0.465 e. The maximum atomic E-state index is 11.5. The average Bonchev–Trinajstić information content (AvgIpc) is 3.02. The Morgan fingerprint density at radius 2 is 2.05 bits per heavy atom. The van der Waals surface area contributed by atoms with E-state index in [9.17, 15) is 9.59 Å². The van der Waals surface area contributed by atoms with E-state index >= 15 is 0 Å². The van der Waals surface area contributed by atoms with Gasteiger partial charge < -0.3 is 18.5 Å². The molecule has 0 bridgehead atoms. The molecular weight excluding hydrogens is 276 g/mol. The zero-order valence-electron chi connectivity index (χ0n) is 11.7. The summed E-state index contributed by atoms with van der Waals surface area (Å²) in [6.07, 6.45) is 1.28. The molecule has 2 aromatic rings. The van der Waals surface area contributed by atoms with Crippen molar-refractivity contribution in [1.29, 1.82) is 5.26 Å². The number of furan rings is 1. The predicted molar refractivity (Wildman–Crippen MR) is 72.1 cm³/mol. The minimum atomic E-state index is -0.742. The van der Waals surface area contributed by atoms with Gasteiger partial charge in [0.25, 0.3) is 0 Å². The standard InChI is InChI=1S/C14H12N2O5/c1-16-11(14(18)20-3)6-8-4-10(21-12(8)16)5-9(7-15)13(17)19-2/h4-6H,1-3H3/b9-5+. The maximum absolute atomic E-state index is 11.5. The molecule has 0 amide bonds. The van der Waals surface area contributed by atoms with Crippen LogP contribution in [0.2, 0.25) is 0 Å². The van der Waals surface area contributed by atoms with Gasteiger partial charge in [0, 0.05) is 18.5 Å². The Morgan fingerprint density at radius 3 is 2.57 bits per heavy atom. The van der Waals surface area contributed by atoms with E-state index < -0.39 is 11.9 Å². The highest BCUT2D eigenvalue weighted by atomic mass is 16.5. The van der Waals surface area contributed by atoms with Crippen molar-refractivity contribution in [2.24, 2.45) is 7.05 Å². The summed E-state index contributed by atoms with van der Waals surface area (Å²) in [6.45, 7) is 0. The van der Waals surface area contributed by atoms with Crippen LogP contribution in [0.25, 0.3) is 17.2 Å². The number of rotatable bonds is 3. The summed E-state index contributed by atoms with van der Waals surface area (Å²) >= 11 is 0. The Kier molecular flexibility index (Phi) is 3.80. The minimum Gasteiger partial charge on any atom is -0.465 e. The summed E-state index contributed by atoms with van der Waals surface area (Å²) in [5.74, 6) is -0.907. The van der Waals surface area contributed by atoms with Gasteiger partial charge >= 0.3 is 11.9 Å². The topological polar surface area (TPSA) is 94.5 Å². The highest BCUT2D eigenvalue weighted by Crippen LogP contribution is 2.25. The van der Waals surface area contributed by atoms with Crippen LogP contribution in [0.5, 0.6) is 0 Å². The van der Waals surface area contributed by atoms with E-state index in [0.29, 0.717) is 22.6 Å². The van der Waals surface area contributed by atoms with Crippen molar-refractivity contribution in [2.75, 3.05) is 14.2 Å². The Morgan fingerprint density at radius 1 is 1.33 bits per heavy atom. The number of ether oxygens (including phenoxy) is 2. The molecule has 0 aliphatic carbocycles. The van der Waals surface area contributed by atoms with Crippen molar-refractivity contribution in [3.63, 3.8) is 0 Å². The number of aromatic nitrogens is 1. The molecule has 0 aromatic carbocycles. The van der Waals surface area contributed by atoms with Crippen LogP contribution in [-0.4, -0.2) is 30.7 Å². The zero-order chi connectivity index (χ0) is 15.6. The first kappa shape index (κ1) is 14.4. The molecule has 0 spiro atoms. The van der Waals surface area contributed by atoms with Gasteiger partial charge in [0.15, 0.2) is 0 Å². The van der Waals surface area contributed by atoms with Crippen molar-refractivity contribution >= 4 is 29.1 Å². The fraction of sp³-hybridized carbons (Fsp3) is 0.214. The van der Waals surface area contributed by atoms with Gasteiger partial charge in [-0.25, -0.2) is 9.59 Å². The molecule has 0 aliphatic heterocycles. The van der Waals surface area contributed by atoms with Crippen LogP contribution in [0.1, 0.15) is 16.2 Å². The number of fused-ring (bicyclic) bond motifs is 1. The maximum Gasteiger partial charge on any atom is 0.354 e. The van der Waals surface area contributed by atoms with Gasteiger partial charge in [0.2, 0.25) is 5.71 Å². The molecule has 2 rings (SSSR count). The number of carbonyl (C=O) groups is 2. The highest BCUT2D eigenvalue weighted by Gasteiger charge is 2.17. The van der Waals surface area contributed by atoms with E-state index in [1.807, 2.05) is 0 Å². The first-order valence-electron chi connectivity index (χ1n) is 5.89. The Bertz CT molecular complexity index is 788. The second-order valence-corrected chi connectivity index (χ2v) is 4.15. The van der Waals surface area contributed by atoms with E-state index in [1.165, 1.54) is 24.9 Å². The molecule has 7 heteroatoms. The summed E-state index contributed by atoms with van der Waals surface area (Å²) < 4.78 is 16.2. The van der Waals surface area contributed by atoms with Crippen LogP contribution in [0.3, 0.4) is 0 Å². The predicted octanol–water partition coefficient (Wildman–Crippen LogP) is 1.64. The Labute approximate surface area is 119 Å². The van der Waals surface area contributed by atoms with E-state index in [-0.39, 0.29) is 5.57 Å². The first-order valence-corrected chi connectivity index (χ1v) is 5.89. The van der Waals surface area contributed by atoms with Crippen molar-refractivity contribution in [2.45, 2.75) is 0 Å². The number of hydrogen-bond acceptors (Lipinski definition) is 6. The lowest BCUT2D eigenvalue weighted by atomic mass is 10.2. The normalized spacial score (nSPS) is 11.2. The molecular formula is C14H12N2O5.